The van der Waals surface area contributed by atoms with Crippen LogP contribution in [0.25, 0.3) is 10.2 Å². The van der Waals surface area contributed by atoms with Gasteiger partial charge in [0.15, 0.2) is 5.13 Å². The second kappa shape index (κ2) is 10.0. The van der Waals surface area contributed by atoms with Crippen molar-refractivity contribution in [3.8, 4) is 0 Å². The van der Waals surface area contributed by atoms with Crippen LogP contribution in [0.5, 0.6) is 0 Å². The number of carbonyl (C=O) groups excluding carboxylic acids is 1. The van der Waals surface area contributed by atoms with Crippen molar-refractivity contribution >= 4 is 67.6 Å². The van der Waals surface area contributed by atoms with E-state index in [1.807, 2.05) is 30.3 Å². The van der Waals surface area contributed by atoms with Crippen LogP contribution in [0.4, 0.5) is 9.52 Å². The summed E-state index contributed by atoms with van der Waals surface area (Å²) < 4.78 is 15.7. The van der Waals surface area contributed by atoms with Gasteiger partial charge in [-0.05, 0) is 46.9 Å². The smallest absolute Gasteiger partial charge is 0.252 e. The van der Waals surface area contributed by atoms with Crippen molar-refractivity contribution in [2.75, 3.05) is 44.2 Å². The molecule has 154 valence electrons. The van der Waals surface area contributed by atoms with Crippen LogP contribution in [0.2, 0.25) is 0 Å². The van der Waals surface area contributed by atoms with Crippen LogP contribution in [-0.4, -0.2) is 55.1 Å². The third kappa shape index (κ3) is 5.17. The minimum absolute atomic E-state index is 0. The third-order valence-electron chi connectivity index (χ3n) is 4.83. The topological polar surface area (TPSA) is 48.5 Å². The Balaban J connectivity index is 0.00000240. The molecule has 0 spiro atoms. The molecular weight excluding hydrogens is 526 g/mol. The highest BCUT2D eigenvalue weighted by molar-refractivity contribution is 14.1. The number of rotatable bonds is 5. The van der Waals surface area contributed by atoms with E-state index in [0.717, 1.165) is 51.7 Å². The Kier molecular flexibility index (Phi) is 7.66. The van der Waals surface area contributed by atoms with Crippen LogP contribution >= 0.6 is 46.3 Å². The number of aromatic nitrogens is 1. The Bertz CT molecular complexity index is 994. The molecule has 2 heterocycles. The highest BCUT2D eigenvalue weighted by atomic mass is 127. The zero-order valence-corrected chi connectivity index (χ0v) is 19.4. The summed E-state index contributed by atoms with van der Waals surface area (Å²) in [6.45, 7) is 4.94. The average molecular weight is 547 g/mol. The number of thiazole rings is 1. The van der Waals surface area contributed by atoms with E-state index >= 15 is 0 Å². The van der Waals surface area contributed by atoms with E-state index in [0.29, 0.717) is 12.1 Å². The molecule has 0 unspecified atom stereocenters. The van der Waals surface area contributed by atoms with Crippen molar-refractivity contribution in [3.63, 3.8) is 0 Å². The summed E-state index contributed by atoms with van der Waals surface area (Å²) in [5.41, 5.74) is 1.18. The zero-order chi connectivity index (χ0) is 19.5. The molecule has 3 aromatic rings. The maximum atomic E-state index is 13.9. The van der Waals surface area contributed by atoms with Crippen LogP contribution in [0.3, 0.4) is 0 Å². The van der Waals surface area contributed by atoms with Gasteiger partial charge in [-0.2, -0.15) is 0 Å². The lowest BCUT2D eigenvalue weighted by atomic mass is 10.2. The molecular formula is C20H21ClFIN4OS. The van der Waals surface area contributed by atoms with Gasteiger partial charge in [-0.25, -0.2) is 9.37 Å². The van der Waals surface area contributed by atoms with E-state index in [-0.39, 0.29) is 24.1 Å². The van der Waals surface area contributed by atoms with Gasteiger partial charge < -0.3 is 10.2 Å². The monoisotopic (exact) mass is 546 g/mol. The van der Waals surface area contributed by atoms with E-state index < -0.39 is 0 Å². The highest BCUT2D eigenvalue weighted by Gasteiger charge is 2.20. The predicted octanol–water partition coefficient (Wildman–Crippen LogP) is 4.01. The number of hydrogen-bond donors (Lipinski definition) is 1. The first kappa shape index (κ1) is 22.2. The average Bonchev–Trinajstić information content (AvgIpc) is 3.14. The highest BCUT2D eigenvalue weighted by Crippen LogP contribution is 2.30. The summed E-state index contributed by atoms with van der Waals surface area (Å²) in [7, 11) is 0. The minimum atomic E-state index is -0.262. The zero-order valence-electron chi connectivity index (χ0n) is 15.6. The van der Waals surface area contributed by atoms with Gasteiger partial charge in [-0.3, -0.25) is 9.69 Å². The number of amides is 1. The molecule has 1 fully saturated rings. The van der Waals surface area contributed by atoms with Gasteiger partial charge in [-0.15, -0.1) is 12.4 Å². The van der Waals surface area contributed by atoms with Crippen molar-refractivity contribution in [3.05, 3.63) is 57.4 Å². The standard InChI is InChI=1S/C20H20FIN4OS.ClH/c21-15-5-3-7-17-18(15)24-20(28-17)26-12-10-25(11-13-26)9-8-23-19(27)14-4-1-2-6-16(14)22;/h1-7H,8-13H2,(H,23,27);1H. The number of fused-ring (bicyclic) bond motifs is 1. The van der Waals surface area contributed by atoms with Crippen molar-refractivity contribution in [1.29, 1.82) is 0 Å². The van der Waals surface area contributed by atoms with Gasteiger partial charge in [0.25, 0.3) is 5.91 Å². The fraction of sp³-hybridized carbons (Fsp3) is 0.300. The molecule has 1 N–H and O–H groups in total. The first-order valence-corrected chi connectivity index (χ1v) is 11.1. The molecule has 5 nitrogen and oxygen atoms in total. The molecule has 1 aliphatic rings. The summed E-state index contributed by atoms with van der Waals surface area (Å²) in [6, 6.07) is 12.7. The Labute approximate surface area is 192 Å². The number of para-hydroxylation sites is 1. The van der Waals surface area contributed by atoms with Crippen LogP contribution in [0, 0.1) is 9.39 Å². The van der Waals surface area contributed by atoms with Gasteiger partial charge in [-0.1, -0.05) is 29.5 Å². The molecule has 2 aromatic carbocycles. The number of anilines is 1. The molecule has 0 radical (unpaired) electrons. The van der Waals surface area contributed by atoms with Crippen molar-refractivity contribution in [1.82, 2.24) is 15.2 Å². The Morgan fingerprint density at radius 2 is 1.90 bits per heavy atom. The van der Waals surface area contributed by atoms with Gasteiger partial charge in [0, 0.05) is 42.8 Å². The van der Waals surface area contributed by atoms with Gasteiger partial charge in [0.2, 0.25) is 0 Å². The van der Waals surface area contributed by atoms with Crippen LogP contribution in [0.15, 0.2) is 42.5 Å². The number of hydrogen-bond acceptors (Lipinski definition) is 5. The summed E-state index contributed by atoms with van der Waals surface area (Å²) in [5.74, 6) is -0.289. The SMILES string of the molecule is Cl.O=C(NCCN1CCN(c2nc3c(F)cccc3s2)CC1)c1ccccc1I. The van der Waals surface area contributed by atoms with Crippen molar-refractivity contribution in [2.24, 2.45) is 0 Å². The van der Waals surface area contributed by atoms with E-state index in [9.17, 15) is 9.18 Å². The fourth-order valence-electron chi connectivity index (χ4n) is 3.27. The third-order valence-corrected chi connectivity index (χ3v) is 6.86. The Morgan fingerprint density at radius 3 is 2.62 bits per heavy atom. The van der Waals surface area contributed by atoms with Crippen LogP contribution in [-0.2, 0) is 0 Å². The number of halogens is 3. The van der Waals surface area contributed by atoms with Crippen LogP contribution in [0.1, 0.15) is 10.4 Å². The number of carbonyl (C=O) groups is 1. The first-order chi connectivity index (χ1) is 13.6. The van der Waals surface area contributed by atoms with E-state index in [1.54, 1.807) is 6.07 Å². The van der Waals surface area contributed by atoms with Gasteiger partial charge in [0.05, 0.1) is 10.3 Å². The molecule has 29 heavy (non-hydrogen) atoms. The number of nitrogens with one attached hydrogen (secondary N) is 1. The van der Waals surface area contributed by atoms with E-state index in [1.165, 1.54) is 17.4 Å². The number of piperazine rings is 1. The Hall–Kier alpha value is -1.49. The van der Waals surface area contributed by atoms with E-state index in [2.05, 4.69) is 42.7 Å². The largest absolute Gasteiger partial charge is 0.351 e. The molecule has 4 rings (SSSR count). The maximum absolute atomic E-state index is 13.9. The predicted molar refractivity (Wildman–Crippen MR) is 127 cm³/mol. The quantitative estimate of drug-likeness (QED) is 0.492. The summed E-state index contributed by atoms with van der Waals surface area (Å²) >= 11 is 3.72. The Morgan fingerprint density at radius 1 is 1.14 bits per heavy atom. The maximum Gasteiger partial charge on any atom is 0.252 e. The number of benzene rings is 2. The fourth-order valence-corrected chi connectivity index (χ4v) is 4.93. The lowest BCUT2D eigenvalue weighted by Crippen LogP contribution is -2.48. The van der Waals surface area contributed by atoms with Gasteiger partial charge in [0.1, 0.15) is 11.3 Å². The molecule has 0 bridgehead atoms. The minimum Gasteiger partial charge on any atom is -0.351 e. The van der Waals surface area contributed by atoms with Gasteiger partial charge >= 0.3 is 0 Å². The molecule has 0 aliphatic carbocycles. The van der Waals surface area contributed by atoms with Crippen molar-refractivity contribution in [2.45, 2.75) is 0 Å². The van der Waals surface area contributed by atoms with Crippen LogP contribution < -0.4 is 10.2 Å². The second-order valence-corrected chi connectivity index (χ2v) is 8.82. The summed E-state index contributed by atoms with van der Waals surface area (Å²) in [6.07, 6.45) is 0. The van der Waals surface area contributed by atoms with Crippen molar-refractivity contribution < 1.29 is 9.18 Å². The van der Waals surface area contributed by atoms with E-state index in [4.69, 9.17) is 0 Å². The lowest BCUT2D eigenvalue weighted by molar-refractivity contribution is 0.0947. The molecule has 1 aromatic heterocycles. The molecule has 9 heteroatoms. The second-order valence-electron chi connectivity index (χ2n) is 6.65. The summed E-state index contributed by atoms with van der Waals surface area (Å²) in [4.78, 5) is 21.3. The lowest BCUT2D eigenvalue weighted by Gasteiger charge is -2.34. The number of nitrogens with zero attached hydrogens (tertiary/aromatic N) is 3. The molecule has 1 aliphatic heterocycles. The normalized spacial score (nSPS) is 14.6. The molecule has 1 amide bonds. The molecule has 0 saturated carbocycles. The molecule has 1 saturated heterocycles. The molecule has 0 atom stereocenters. The summed E-state index contributed by atoms with van der Waals surface area (Å²) in [5, 5.41) is 3.88. The first-order valence-electron chi connectivity index (χ1n) is 9.17.